The molecule has 74 valence electrons. The van der Waals surface area contributed by atoms with E-state index in [-0.39, 0.29) is 0 Å². The van der Waals surface area contributed by atoms with Crippen LogP contribution in [0.2, 0.25) is 0 Å². The van der Waals surface area contributed by atoms with Gasteiger partial charge in [0.1, 0.15) is 0 Å². The second-order valence-electron chi connectivity index (χ2n) is 5.47. The summed E-state index contributed by atoms with van der Waals surface area (Å²) in [5.74, 6) is 0.819. The molecule has 2 heterocycles. The lowest BCUT2D eigenvalue weighted by atomic mass is 10.0. The van der Waals surface area contributed by atoms with Crippen LogP contribution >= 0.6 is 0 Å². The zero-order valence-electron chi connectivity index (χ0n) is 9.17. The second kappa shape index (κ2) is 2.81. The molecule has 1 saturated heterocycles. The van der Waals surface area contributed by atoms with Gasteiger partial charge in [0, 0.05) is 30.3 Å². The van der Waals surface area contributed by atoms with Crippen LogP contribution in [0, 0.1) is 5.92 Å². The smallest absolute Gasteiger partial charge is 0.0669 e. The van der Waals surface area contributed by atoms with Gasteiger partial charge in [0.15, 0.2) is 0 Å². The molecule has 2 rings (SSSR count). The van der Waals surface area contributed by atoms with Crippen molar-refractivity contribution in [3.05, 3.63) is 0 Å². The normalized spacial score (nSPS) is 34.9. The lowest BCUT2D eigenvalue weighted by molar-refractivity contribution is 0.167. The van der Waals surface area contributed by atoms with Crippen LogP contribution in [0.15, 0.2) is 4.99 Å². The van der Waals surface area contributed by atoms with Crippen molar-refractivity contribution in [1.29, 1.82) is 0 Å². The maximum Gasteiger partial charge on any atom is 0.0669 e. The van der Waals surface area contributed by atoms with E-state index in [1.165, 1.54) is 25.2 Å². The number of nitrogens with zero attached hydrogens (tertiary/aromatic N) is 2. The average molecular weight is 180 g/mol. The summed E-state index contributed by atoms with van der Waals surface area (Å²) in [6.07, 6.45) is 1.23. The summed E-state index contributed by atoms with van der Waals surface area (Å²) in [5.41, 5.74) is 1.69. The fourth-order valence-corrected chi connectivity index (χ4v) is 2.46. The predicted molar refractivity (Wildman–Crippen MR) is 56.3 cm³/mol. The number of rotatable bonds is 0. The van der Waals surface area contributed by atoms with Crippen LogP contribution in [0.3, 0.4) is 0 Å². The highest BCUT2D eigenvalue weighted by Crippen LogP contribution is 2.32. The Kier molecular flexibility index (Phi) is 1.99. The number of aliphatic imine (C=N–C) groups is 1. The van der Waals surface area contributed by atoms with E-state index < -0.39 is 0 Å². The molecular formula is C11H20N2. The van der Waals surface area contributed by atoms with Gasteiger partial charge in [-0.1, -0.05) is 0 Å². The van der Waals surface area contributed by atoms with E-state index >= 15 is 0 Å². The third-order valence-corrected chi connectivity index (χ3v) is 3.30. The van der Waals surface area contributed by atoms with Crippen molar-refractivity contribution in [3.8, 4) is 0 Å². The highest BCUT2D eigenvalue weighted by atomic mass is 15.2. The molecule has 0 radical (unpaired) electrons. The molecule has 0 aliphatic carbocycles. The summed E-state index contributed by atoms with van der Waals surface area (Å²) < 4.78 is 0. The molecule has 0 aromatic heterocycles. The van der Waals surface area contributed by atoms with Gasteiger partial charge in [0.05, 0.1) is 6.04 Å². The molecule has 2 aliphatic rings. The van der Waals surface area contributed by atoms with Gasteiger partial charge < -0.3 is 0 Å². The summed E-state index contributed by atoms with van der Waals surface area (Å²) in [5, 5.41) is 0. The van der Waals surface area contributed by atoms with Crippen LogP contribution in [0.25, 0.3) is 0 Å². The number of hydrogen-bond donors (Lipinski definition) is 0. The Morgan fingerprint density at radius 1 is 1.31 bits per heavy atom. The summed E-state index contributed by atoms with van der Waals surface area (Å²) in [6, 6.07) is 0.610. The van der Waals surface area contributed by atoms with E-state index in [0.29, 0.717) is 11.6 Å². The highest BCUT2D eigenvalue weighted by Gasteiger charge is 2.40. The van der Waals surface area contributed by atoms with Gasteiger partial charge in [0.2, 0.25) is 0 Å². The van der Waals surface area contributed by atoms with Crippen molar-refractivity contribution in [2.45, 2.75) is 45.7 Å². The van der Waals surface area contributed by atoms with E-state index in [2.05, 4.69) is 37.6 Å². The topological polar surface area (TPSA) is 15.6 Å². The Bertz CT molecular complexity index is 237. The molecular weight excluding hydrogens is 160 g/mol. The Morgan fingerprint density at radius 2 is 2.00 bits per heavy atom. The first-order valence-corrected chi connectivity index (χ1v) is 5.25. The first-order valence-electron chi connectivity index (χ1n) is 5.25. The number of likely N-dealkylation sites (tertiary alicyclic amines) is 1. The summed E-state index contributed by atoms with van der Waals surface area (Å²) in [6.45, 7) is 11.5. The molecule has 2 aliphatic heterocycles. The van der Waals surface area contributed by atoms with Gasteiger partial charge in [-0.05, 0) is 34.1 Å². The first kappa shape index (κ1) is 9.20. The predicted octanol–water partition coefficient (Wildman–Crippen LogP) is 1.95. The third-order valence-electron chi connectivity index (χ3n) is 3.30. The van der Waals surface area contributed by atoms with Crippen LogP contribution in [0.4, 0.5) is 0 Å². The van der Waals surface area contributed by atoms with Crippen molar-refractivity contribution in [3.63, 3.8) is 0 Å². The molecule has 0 amide bonds. The quantitative estimate of drug-likeness (QED) is 0.556. The van der Waals surface area contributed by atoms with Gasteiger partial charge in [-0.15, -0.1) is 0 Å². The Hall–Kier alpha value is -0.370. The molecule has 1 fully saturated rings. The van der Waals surface area contributed by atoms with Crippen LogP contribution < -0.4 is 0 Å². The maximum absolute atomic E-state index is 4.69. The molecule has 2 atom stereocenters. The van der Waals surface area contributed by atoms with E-state index in [0.717, 1.165) is 5.92 Å². The zero-order chi connectivity index (χ0) is 9.64. The fourth-order valence-electron chi connectivity index (χ4n) is 2.46. The maximum atomic E-state index is 4.69. The monoisotopic (exact) mass is 180 g/mol. The van der Waals surface area contributed by atoms with Crippen LogP contribution in [-0.4, -0.2) is 35.3 Å². The van der Waals surface area contributed by atoms with Gasteiger partial charge in [-0.25, -0.2) is 0 Å². The molecule has 0 aromatic rings. The molecule has 13 heavy (non-hydrogen) atoms. The van der Waals surface area contributed by atoms with E-state index in [9.17, 15) is 0 Å². The van der Waals surface area contributed by atoms with Crippen molar-refractivity contribution < 1.29 is 0 Å². The molecule has 0 aromatic carbocycles. The van der Waals surface area contributed by atoms with Crippen LogP contribution in [-0.2, 0) is 0 Å². The largest absolute Gasteiger partial charge is 0.296 e. The van der Waals surface area contributed by atoms with E-state index in [4.69, 9.17) is 0 Å². The Labute approximate surface area is 81.0 Å². The second-order valence-corrected chi connectivity index (χ2v) is 5.47. The van der Waals surface area contributed by atoms with E-state index in [1.54, 1.807) is 0 Å². The standard InChI is InChI=1S/C11H20N2/c1-8-5-9-6-13(11(2,3)4)7-10(9)12-8/h9-10H,5-7H2,1-4H3/t9-,10-/m0/s1. The molecule has 0 unspecified atom stereocenters. The van der Waals surface area contributed by atoms with Crippen molar-refractivity contribution >= 4 is 5.71 Å². The van der Waals surface area contributed by atoms with Gasteiger partial charge in [-0.3, -0.25) is 9.89 Å². The van der Waals surface area contributed by atoms with Gasteiger partial charge in [-0.2, -0.15) is 0 Å². The van der Waals surface area contributed by atoms with Crippen LogP contribution in [0.5, 0.6) is 0 Å². The van der Waals surface area contributed by atoms with Crippen molar-refractivity contribution in [2.75, 3.05) is 13.1 Å². The van der Waals surface area contributed by atoms with Gasteiger partial charge >= 0.3 is 0 Å². The average Bonchev–Trinajstić information content (AvgIpc) is 2.40. The molecule has 0 spiro atoms. The Morgan fingerprint density at radius 3 is 2.54 bits per heavy atom. The molecule has 0 bridgehead atoms. The highest BCUT2D eigenvalue weighted by molar-refractivity contribution is 5.84. The van der Waals surface area contributed by atoms with E-state index in [1.807, 2.05) is 0 Å². The minimum absolute atomic E-state index is 0.327. The lowest BCUT2D eigenvalue weighted by Crippen LogP contribution is -2.40. The number of hydrogen-bond acceptors (Lipinski definition) is 2. The van der Waals surface area contributed by atoms with Crippen LogP contribution in [0.1, 0.15) is 34.1 Å². The minimum atomic E-state index is 0.327. The lowest BCUT2D eigenvalue weighted by Gasteiger charge is -2.31. The molecule has 0 saturated carbocycles. The first-order chi connectivity index (χ1) is 5.97. The fraction of sp³-hybridized carbons (Fsp3) is 0.909. The Balaban J connectivity index is 2.04. The molecule has 0 N–H and O–H groups in total. The molecule has 2 nitrogen and oxygen atoms in total. The SMILES string of the molecule is CC1=N[C@H]2CN(C(C)(C)C)C[C@@H]2C1. The van der Waals surface area contributed by atoms with Crippen molar-refractivity contribution in [1.82, 2.24) is 4.90 Å². The minimum Gasteiger partial charge on any atom is -0.296 e. The summed E-state index contributed by atoms with van der Waals surface area (Å²) >= 11 is 0. The third kappa shape index (κ3) is 1.64. The summed E-state index contributed by atoms with van der Waals surface area (Å²) in [7, 11) is 0. The zero-order valence-corrected chi connectivity index (χ0v) is 9.17. The van der Waals surface area contributed by atoms with Crippen molar-refractivity contribution in [2.24, 2.45) is 10.9 Å². The molecule has 2 heteroatoms. The van der Waals surface area contributed by atoms with Gasteiger partial charge in [0.25, 0.3) is 0 Å². The summed E-state index contributed by atoms with van der Waals surface area (Å²) in [4.78, 5) is 7.26. The number of fused-ring (bicyclic) bond motifs is 1.